The molecule has 0 bridgehead atoms. The van der Waals surface area contributed by atoms with Gasteiger partial charge in [0, 0.05) is 0 Å². The van der Waals surface area contributed by atoms with Crippen LogP contribution in [0.5, 0.6) is 5.75 Å². The summed E-state index contributed by atoms with van der Waals surface area (Å²) in [5.74, 6) is -0.382. The SMILES string of the molecule is NCCc1ccccc1OCC(=O)O. The average Bonchev–Trinajstić information content (AvgIpc) is 2.17. The Morgan fingerprint density at radius 2 is 2.14 bits per heavy atom. The zero-order valence-corrected chi connectivity index (χ0v) is 7.77. The molecule has 0 radical (unpaired) electrons. The Bertz CT molecular complexity index is 312. The molecule has 0 spiro atoms. The Labute approximate surface area is 82.3 Å². The predicted octanol–water partition coefficient (Wildman–Crippen LogP) is 0.651. The molecule has 3 N–H and O–H groups in total. The summed E-state index contributed by atoms with van der Waals surface area (Å²) in [4.78, 5) is 10.3. The van der Waals surface area contributed by atoms with Gasteiger partial charge in [0.05, 0.1) is 0 Å². The lowest BCUT2D eigenvalue weighted by atomic mass is 10.1. The number of carboxylic acid groups (broad SMARTS) is 1. The van der Waals surface area contributed by atoms with E-state index in [0.29, 0.717) is 18.7 Å². The van der Waals surface area contributed by atoms with Gasteiger partial charge in [0.1, 0.15) is 5.75 Å². The van der Waals surface area contributed by atoms with Crippen LogP contribution in [0.3, 0.4) is 0 Å². The van der Waals surface area contributed by atoms with E-state index >= 15 is 0 Å². The highest BCUT2D eigenvalue weighted by Gasteiger charge is 2.03. The van der Waals surface area contributed by atoms with E-state index in [-0.39, 0.29) is 6.61 Å². The smallest absolute Gasteiger partial charge is 0.341 e. The van der Waals surface area contributed by atoms with Gasteiger partial charge in [0.25, 0.3) is 0 Å². The van der Waals surface area contributed by atoms with Gasteiger partial charge in [-0.15, -0.1) is 0 Å². The van der Waals surface area contributed by atoms with Gasteiger partial charge in [-0.05, 0) is 24.6 Å². The third-order valence-electron chi connectivity index (χ3n) is 1.74. The van der Waals surface area contributed by atoms with Crippen molar-refractivity contribution < 1.29 is 14.6 Å². The number of benzene rings is 1. The number of ether oxygens (including phenoxy) is 1. The monoisotopic (exact) mass is 195 g/mol. The molecule has 14 heavy (non-hydrogen) atoms. The standard InChI is InChI=1S/C10H13NO3/c11-6-5-8-3-1-2-4-9(8)14-7-10(12)13/h1-4H,5-7,11H2,(H,12,13). The number of hydrogen-bond acceptors (Lipinski definition) is 3. The zero-order chi connectivity index (χ0) is 10.4. The molecule has 0 aromatic heterocycles. The van der Waals surface area contributed by atoms with Gasteiger partial charge in [-0.2, -0.15) is 0 Å². The molecule has 0 aliphatic rings. The van der Waals surface area contributed by atoms with Crippen molar-refractivity contribution in [3.8, 4) is 5.75 Å². The number of hydrogen-bond donors (Lipinski definition) is 2. The maximum absolute atomic E-state index is 10.3. The number of aliphatic carboxylic acids is 1. The highest BCUT2D eigenvalue weighted by molar-refractivity contribution is 5.68. The summed E-state index contributed by atoms with van der Waals surface area (Å²) < 4.78 is 5.10. The van der Waals surface area contributed by atoms with E-state index in [1.54, 1.807) is 12.1 Å². The summed E-state index contributed by atoms with van der Waals surface area (Å²) in [6, 6.07) is 7.30. The van der Waals surface area contributed by atoms with Crippen molar-refractivity contribution >= 4 is 5.97 Å². The molecule has 1 aromatic carbocycles. The van der Waals surface area contributed by atoms with Crippen molar-refractivity contribution in [3.05, 3.63) is 29.8 Å². The van der Waals surface area contributed by atoms with Gasteiger partial charge < -0.3 is 15.6 Å². The van der Waals surface area contributed by atoms with Crippen LogP contribution in [-0.4, -0.2) is 24.2 Å². The fourth-order valence-corrected chi connectivity index (χ4v) is 1.15. The first kappa shape index (κ1) is 10.5. The van der Waals surface area contributed by atoms with Gasteiger partial charge >= 0.3 is 5.97 Å². The van der Waals surface area contributed by atoms with Crippen LogP contribution in [0.2, 0.25) is 0 Å². The molecule has 0 heterocycles. The van der Waals surface area contributed by atoms with E-state index in [2.05, 4.69) is 0 Å². The fourth-order valence-electron chi connectivity index (χ4n) is 1.15. The minimum atomic E-state index is -0.979. The zero-order valence-electron chi connectivity index (χ0n) is 7.77. The molecule has 1 aromatic rings. The van der Waals surface area contributed by atoms with Crippen LogP contribution in [0.4, 0.5) is 0 Å². The molecule has 76 valence electrons. The van der Waals surface area contributed by atoms with Crippen LogP contribution >= 0.6 is 0 Å². The van der Waals surface area contributed by atoms with Crippen LogP contribution < -0.4 is 10.5 Å². The summed E-state index contributed by atoms with van der Waals surface area (Å²) >= 11 is 0. The first-order valence-corrected chi connectivity index (χ1v) is 4.36. The molecular formula is C10H13NO3. The van der Waals surface area contributed by atoms with E-state index < -0.39 is 5.97 Å². The van der Waals surface area contributed by atoms with Crippen molar-refractivity contribution in [2.24, 2.45) is 5.73 Å². The first-order valence-electron chi connectivity index (χ1n) is 4.36. The number of rotatable bonds is 5. The molecule has 0 unspecified atom stereocenters. The third kappa shape index (κ3) is 3.06. The summed E-state index contributed by atoms with van der Waals surface area (Å²) in [5.41, 5.74) is 6.35. The van der Waals surface area contributed by atoms with Crippen LogP contribution in [0.15, 0.2) is 24.3 Å². The van der Waals surface area contributed by atoms with Gasteiger partial charge in [0.2, 0.25) is 0 Å². The van der Waals surface area contributed by atoms with Crippen LogP contribution in [0.1, 0.15) is 5.56 Å². The minimum Gasteiger partial charge on any atom is -0.482 e. The van der Waals surface area contributed by atoms with Gasteiger partial charge in [-0.3, -0.25) is 0 Å². The number of nitrogens with two attached hydrogens (primary N) is 1. The minimum absolute atomic E-state index is 0.318. The molecule has 1 rings (SSSR count). The largest absolute Gasteiger partial charge is 0.482 e. The summed E-state index contributed by atoms with van der Waals surface area (Å²) in [6.45, 7) is 0.203. The second-order valence-electron chi connectivity index (χ2n) is 2.83. The number of para-hydroxylation sites is 1. The average molecular weight is 195 g/mol. The molecule has 4 nitrogen and oxygen atoms in total. The molecule has 0 aliphatic carbocycles. The summed E-state index contributed by atoms with van der Waals surface area (Å²) in [7, 11) is 0. The summed E-state index contributed by atoms with van der Waals surface area (Å²) in [5, 5.41) is 8.45. The van der Waals surface area contributed by atoms with Crippen molar-refractivity contribution in [2.75, 3.05) is 13.2 Å². The van der Waals surface area contributed by atoms with E-state index in [1.807, 2.05) is 12.1 Å². The Hall–Kier alpha value is -1.55. The lowest BCUT2D eigenvalue weighted by molar-refractivity contribution is -0.139. The summed E-state index contributed by atoms with van der Waals surface area (Å²) in [6.07, 6.45) is 0.690. The van der Waals surface area contributed by atoms with E-state index in [0.717, 1.165) is 5.56 Å². The predicted molar refractivity (Wildman–Crippen MR) is 52.3 cm³/mol. The molecule has 0 saturated carbocycles. The molecule has 0 saturated heterocycles. The Kier molecular flexibility index (Phi) is 3.94. The third-order valence-corrected chi connectivity index (χ3v) is 1.74. The van der Waals surface area contributed by atoms with Crippen molar-refractivity contribution in [1.29, 1.82) is 0 Å². The Balaban J connectivity index is 2.68. The highest BCUT2D eigenvalue weighted by Crippen LogP contribution is 2.17. The van der Waals surface area contributed by atoms with E-state index in [1.165, 1.54) is 0 Å². The van der Waals surface area contributed by atoms with Gasteiger partial charge in [-0.1, -0.05) is 18.2 Å². The van der Waals surface area contributed by atoms with Crippen LogP contribution in [0, 0.1) is 0 Å². The van der Waals surface area contributed by atoms with E-state index in [9.17, 15) is 4.79 Å². The van der Waals surface area contributed by atoms with E-state index in [4.69, 9.17) is 15.6 Å². The van der Waals surface area contributed by atoms with Gasteiger partial charge in [0.15, 0.2) is 6.61 Å². The second kappa shape index (κ2) is 5.24. The maximum atomic E-state index is 10.3. The topological polar surface area (TPSA) is 72.5 Å². The molecule has 0 atom stereocenters. The second-order valence-corrected chi connectivity index (χ2v) is 2.83. The molecule has 0 amide bonds. The Morgan fingerprint density at radius 3 is 2.79 bits per heavy atom. The van der Waals surface area contributed by atoms with Crippen LogP contribution in [0.25, 0.3) is 0 Å². The quantitative estimate of drug-likeness (QED) is 0.723. The van der Waals surface area contributed by atoms with Crippen molar-refractivity contribution in [1.82, 2.24) is 0 Å². The number of carboxylic acids is 1. The lowest BCUT2D eigenvalue weighted by Crippen LogP contribution is -2.11. The van der Waals surface area contributed by atoms with Crippen molar-refractivity contribution in [3.63, 3.8) is 0 Å². The maximum Gasteiger partial charge on any atom is 0.341 e. The molecule has 0 aliphatic heterocycles. The highest BCUT2D eigenvalue weighted by atomic mass is 16.5. The fraction of sp³-hybridized carbons (Fsp3) is 0.300. The van der Waals surface area contributed by atoms with Gasteiger partial charge in [-0.25, -0.2) is 4.79 Å². The molecular weight excluding hydrogens is 182 g/mol. The number of carbonyl (C=O) groups is 1. The molecule has 4 heteroatoms. The Morgan fingerprint density at radius 1 is 1.43 bits per heavy atom. The molecule has 0 fully saturated rings. The normalized spacial score (nSPS) is 9.79. The lowest BCUT2D eigenvalue weighted by Gasteiger charge is -2.08. The first-order chi connectivity index (χ1) is 6.74. The van der Waals surface area contributed by atoms with Crippen molar-refractivity contribution in [2.45, 2.75) is 6.42 Å². The van der Waals surface area contributed by atoms with Crippen LogP contribution in [-0.2, 0) is 11.2 Å².